The maximum absolute atomic E-state index is 12.8. The molecule has 2 rings (SSSR count). The van der Waals surface area contributed by atoms with E-state index in [9.17, 15) is 17.9 Å². The van der Waals surface area contributed by atoms with E-state index in [0.29, 0.717) is 31.7 Å². The van der Waals surface area contributed by atoms with Gasteiger partial charge in [-0.2, -0.15) is 4.31 Å². The average molecular weight is 357 g/mol. The second-order valence-corrected chi connectivity index (χ2v) is 7.59. The SMILES string of the molecule is CS(=O)(=O)N1CCN(c2ccc([C@@H](O)[C@@H](CF)N=[N+]=[N-])cc2)CC1. The van der Waals surface area contributed by atoms with E-state index in [1.165, 1.54) is 10.6 Å². The Kier molecular flexibility index (Phi) is 6.00. The van der Waals surface area contributed by atoms with Crippen molar-refractivity contribution in [2.24, 2.45) is 5.11 Å². The zero-order valence-corrected chi connectivity index (χ0v) is 14.1. The van der Waals surface area contributed by atoms with Crippen LogP contribution >= 0.6 is 0 Å². The topological polar surface area (TPSA) is 110 Å². The number of hydrogen-bond donors (Lipinski definition) is 1. The first kappa shape index (κ1) is 18.5. The largest absolute Gasteiger partial charge is 0.388 e. The van der Waals surface area contributed by atoms with Gasteiger partial charge in [0.2, 0.25) is 10.0 Å². The molecule has 1 fully saturated rings. The summed E-state index contributed by atoms with van der Waals surface area (Å²) >= 11 is 0. The lowest BCUT2D eigenvalue weighted by Crippen LogP contribution is -2.48. The van der Waals surface area contributed by atoms with E-state index >= 15 is 0 Å². The van der Waals surface area contributed by atoms with Crippen molar-refractivity contribution in [1.29, 1.82) is 0 Å². The first-order valence-electron chi connectivity index (χ1n) is 7.45. The molecule has 0 amide bonds. The monoisotopic (exact) mass is 357 g/mol. The molecule has 1 heterocycles. The fourth-order valence-corrected chi connectivity index (χ4v) is 3.45. The fourth-order valence-electron chi connectivity index (χ4n) is 2.63. The van der Waals surface area contributed by atoms with Gasteiger partial charge < -0.3 is 10.0 Å². The highest BCUT2D eigenvalue weighted by Gasteiger charge is 2.24. The summed E-state index contributed by atoms with van der Waals surface area (Å²) in [6.07, 6.45) is -0.00818. The molecule has 24 heavy (non-hydrogen) atoms. The predicted octanol–water partition coefficient (Wildman–Crippen LogP) is 1.45. The molecule has 0 bridgehead atoms. The third-order valence-corrected chi connectivity index (χ3v) is 5.33. The maximum Gasteiger partial charge on any atom is 0.211 e. The highest BCUT2D eigenvalue weighted by atomic mass is 32.2. The van der Waals surface area contributed by atoms with Crippen LogP contribution in [0.15, 0.2) is 29.4 Å². The minimum absolute atomic E-state index is 0.421. The smallest absolute Gasteiger partial charge is 0.211 e. The summed E-state index contributed by atoms with van der Waals surface area (Å²) in [6.45, 7) is 1.04. The van der Waals surface area contributed by atoms with Crippen LogP contribution in [0.4, 0.5) is 10.1 Å². The lowest BCUT2D eigenvalue weighted by atomic mass is 10.0. The van der Waals surface area contributed by atoms with E-state index in [-0.39, 0.29) is 0 Å². The summed E-state index contributed by atoms with van der Waals surface area (Å²) in [5, 5.41) is 13.3. The van der Waals surface area contributed by atoms with Crippen LogP contribution in [0.25, 0.3) is 10.4 Å². The van der Waals surface area contributed by atoms with Crippen LogP contribution in [-0.4, -0.2) is 63.0 Å². The fraction of sp³-hybridized carbons (Fsp3) is 0.571. The Hall–Kier alpha value is -1.87. The van der Waals surface area contributed by atoms with Crippen molar-refractivity contribution in [3.8, 4) is 0 Å². The number of anilines is 1. The Morgan fingerprint density at radius 3 is 2.33 bits per heavy atom. The Morgan fingerprint density at radius 1 is 1.29 bits per heavy atom. The van der Waals surface area contributed by atoms with Crippen molar-refractivity contribution in [2.45, 2.75) is 12.1 Å². The number of hydrogen-bond acceptors (Lipinski definition) is 5. The molecular formula is C14H20FN5O3S. The quantitative estimate of drug-likeness (QED) is 0.472. The van der Waals surface area contributed by atoms with Gasteiger partial charge in [0.05, 0.1) is 18.4 Å². The van der Waals surface area contributed by atoms with Crippen LogP contribution in [0.3, 0.4) is 0 Å². The van der Waals surface area contributed by atoms with Gasteiger partial charge in [-0.05, 0) is 23.2 Å². The molecule has 1 saturated heterocycles. The van der Waals surface area contributed by atoms with E-state index in [1.54, 1.807) is 24.3 Å². The normalized spacial score (nSPS) is 18.7. The number of nitrogens with zero attached hydrogens (tertiary/aromatic N) is 5. The van der Waals surface area contributed by atoms with Crippen LogP contribution in [0, 0.1) is 0 Å². The van der Waals surface area contributed by atoms with Crippen molar-refractivity contribution in [3.05, 3.63) is 40.3 Å². The average Bonchev–Trinajstić information content (AvgIpc) is 2.58. The van der Waals surface area contributed by atoms with E-state index in [1.807, 2.05) is 4.90 Å². The minimum atomic E-state index is -3.17. The highest BCUT2D eigenvalue weighted by molar-refractivity contribution is 7.88. The summed E-state index contributed by atoms with van der Waals surface area (Å²) in [7, 11) is -3.17. The third kappa shape index (κ3) is 4.35. The van der Waals surface area contributed by atoms with Gasteiger partial charge in [0, 0.05) is 36.8 Å². The molecule has 1 aromatic rings. The van der Waals surface area contributed by atoms with Crippen LogP contribution in [0.5, 0.6) is 0 Å². The summed E-state index contributed by atoms with van der Waals surface area (Å²) in [5.41, 5.74) is 9.73. The molecule has 1 aliphatic heterocycles. The first-order chi connectivity index (χ1) is 11.4. The third-order valence-electron chi connectivity index (χ3n) is 4.03. The molecule has 10 heteroatoms. The van der Waals surface area contributed by atoms with Gasteiger partial charge in [-0.1, -0.05) is 17.2 Å². The number of rotatable bonds is 6. The van der Waals surface area contributed by atoms with Crippen LogP contribution in [-0.2, 0) is 10.0 Å². The van der Waals surface area contributed by atoms with E-state index in [0.717, 1.165) is 5.69 Å². The Morgan fingerprint density at radius 2 is 1.88 bits per heavy atom. The standard InChI is InChI=1S/C14H20FN5O3S/c1-24(22,23)20-8-6-19(7-9-20)12-4-2-11(3-5-12)14(21)13(10-15)17-18-16/h2-5,13-14,21H,6-10H2,1H3/t13-,14-/m1/s1. The number of azide groups is 1. The second kappa shape index (κ2) is 7.80. The summed E-state index contributed by atoms with van der Waals surface area (Å²) in [4.78, 5) is 4.57. The number of halogens is 1. The molecule has 1 N–H and O–H groups in total. The number of piperazine rings is 1. The molecule has 0 unspecified atom stereocenters. The molecule has 0 spiro atoms. The molecule has 0 saturated carbocycles. The van der Waals surface area contributed by atoms with Crippen molar-refractivity contribution in [1.82, 2.24) is 4.31 Å². The molecule has 2 atom stereocenters. The Bertz CT molecular complexity index is 698. The van der Waals surface area contributed by atoms with Gasteiger partial charge in [-0.15, -0.1) is 0 Å². The van der Waals surface area contributed by atoms with Gasteiger partial charge in [-0.25, -0.2) is 8.42 Å². The number of sulfonamides is 1. The molecule has 8 nitrogen and oxygen atoms in total. The lowest BCUT2D eigenvalue weighted by molar-refractivity contribution is 0.132. The van der Waals surface area contributed by atoms with Crippen LogP contribution in [0.2, 0.25) is 0 Å². The summed E-state index contributed by atoms with van der Waals surface area (Å²) in [6, 6.07) is 5.70. The summed E-state index contributed by atoms with van der Waals surface area (Å²) < 4.78 is 37.3. The zero-order valence-electron chi connectivity index (χ0n) is 13.3. The molecular weight excluding hydrogens is 337 g/mol. The van der Waals surface area contributed by atoms with Crippen molar-refractivity contribution in [2.75, 3.05) is 44.0 Å². The van der Waals surface area contributed by atoms with Gasteiger partial charge in [0.1, 0.15) is 6.67 Å². The van der Waals surface area contributed by atoms with Gasteiger partial charge in [0.25, 0.3) is 0 Å². The lowest BCUT2D eigenvalue weighted by Gasteiger charge is -2.34. The zero-order chi connectivity index (χ0) is 17.7. The van der Waals surface area contributed by atoms with Crippen molar-refractivity contribution in [3.63, 3.8) is 0 Å². The van der Waals surface area contributed by atoms with Crippen molar-refractivity contribution < 1.29 is 17.9 Å². The number of benzene rings is 1. The number of aliphatic hydroxyl groups excluding tert-OH is 1. The minimum Gasteiger partial charge on any atom is -0.388 e. The van der Waals surface area contributed by atoms with E-state index < -0.39 is 28.8 Å². The van der Waals surface area contributed by atoms with Crippen molar-refractivity contribution >= 4 is 15.7 Å². The Balaban J connectivity index is 2.04. The number of aliphatic hydroxyl groups is 1. The predicted molar refractivity (Wildman–Crippen MR) is 88.9 cm³/mol. The summed E-state index contributed by atoms with van der Waals surface area (Å²) in [5.74, 6) is 0. The van der Waals surface area contributed by atoms with E-state index in [4.69, 9.17) is 5.53 Å². The number of alkyl halides is 1. The molecule has 0 aliphatic carbocycles. The second-order valence-electron chi connectivity index (χ2n) is 5.61. The van der Waals surface area contributed by atoms with E-state index in [2.05, 4.69) is 10.0 Å². The Labute approximate surface area is 140 Å². The molecule has 0 aromatic heterocycles. The molecule has 1 aliphatic rings. The molecule has 0 radical (unpaired) electrons. The van der Waals surface area contributed by atoms with Gasteiger partial charge >= 0.3 is 0 Å². The van der Waals surface area contributed by atoms with Crippen LogP contribution < -0.4 is 4.90 Å². The van der Waals surface area contributed by atoms with Gasteiger partial charge in [-0.3, -0.25) is 4.39 Å². The highest BCUT2D eigenvalue weighted by Crippen LogP contribution is 2.24. The molecule has 132 valence electrons. The first-order valence-corrected chi connectivity index (χ1v) is 9.30. The van der Waals surface area contributed by atoms with Gasteiger partial charge in [0.15, 0.2) is 0 Å². The molecule has 1 aromatic carbocycles. The maximum atomic E-state index is 12.8. The van der Waals surface area contributed by atoms with Crippen LogP contribution in [0.1, 0.15) is 11.7 Å².